The van der Waals surface area contributed by atoms with Crippen molar-refractivity contribution in [3.8, 4) is 5.75 Å². The molecule has 19 heavy (non-hydrogen) atoms. The summed E-state index contributed by atoms with van der Waals surface area (Å²) < 4.78 is 5.33. The van der Waals surface area contributed by atoms with Gasteiger partial charge in [-0.15, -0.1) is 0 Å². The lowest BCUT2D eigenvalue weighted by atomic mass is 10.1. The Morgan fingerprint density at radius 2 is 1.89 bits per heavy atom. The molecule has 108 valence electrons. The fraction of sp³-hybridized carbons (Fsp3) is 0.571. The van der Waals surface area contributed by atoms with Crippen LogP contribution in [-0.2, 0) is 6.42 Å². The molecule has 0 spiro atoms. The molecule has 0 amide bonds. The second-order valence-corrected chi connectivity index (χ2v) is 4.68. The lowest BCUT2D eigenvalue weighted by Gasteiger charge is -2.11. The Kier molecular flexibility index (Phi) is 7.43. The van der Waals surface area contributed by atoms with E-state index in [-0.39, 0.29) is 19.3 Å². The highest BCUT2D eigenvalue weighted by Gasteiger charge is 2.03. The van der Waals surface area contributed by atoms with Crippen molar-refractivity contribution in [2.75, 3.05) is 19.8 Å². The molecule has 1 aromatic rings. The molecule has 5 nitrogen and oxygen atoms in total. The highest BCUT2D eigenvalue weighted by Crippen LogP contribution is 2.14. The van der Waals surface area contributed by atoms with E-state index in [0.717, 1.165) is 19.3 Å². The van der Waals surface area contributed by atoms with Crippen LogP contribution in [0.25, 0.3) is 0 Å². The zero-order valence-corrected chi connectivity index (χ0v) is 11.2. The van der Waals surface area contributed by atoms with Crippen molar-refractivity contribution in [2.24, 2.45) is 11.5 Å². The quantitative estimate of drug-likeness (QED) is 0.506. The Morgan fingerprint density at radius 1 is 1.21 bits per heavy atom. The zero-order valence-electron chi connectivity index (χ0n) is 11.2. The van der Waals surface area contributed by atoms with Crippen LogP contribution in [0.1, 0.15) is 18.4 Å². The molecule has 6 N–H and O–H groups in total. The minimum atomic E-state index is -0.836. The molecule has 0 bridgehead atoms. The standard InChI is InChI=1S/C14H24N2O3/c15-8-12(16)3-1-2-11-4-6-14(7-5-11)19-10-13(18)9-17/h4-7,12-13,17-18H,1-3,8-10,15-16H2/t12-,13-/m1/s1. The SMILES string of the molecule is NC[C@H](N)CCCc1ccc(OC[C@H](O)CO)cc1. The molecule has 0 saturated carbocycles. The molecule has 1 rings (SSSR count). The van der Waals surface area contributed by atoms with Crippen molar-refractivity contribution in [2.45, 2.75) is 31.4 Å². The lowest BCUT2D eigenvalue weighted by Crippen LogP contribution is -2.29. The second-order valence-electron chi connectivity index (χ2n) is 4.68. The van der Waals surface area contributed by atoms with Crippen LogP contribution in [0.3, 0.4) is 0 Å². The van der Waals surface area contributed by atoms with E-state index in [1.54, 1.807) is 0 Å². The van der Waals surface area contributed by atoms with E-state index < -0.39 is 6.10 Å². The van der Waals surface area contributed by atoms with E-state index in [4.69, 9.17) is 26.4 Å². The number of benzene rings is 1. The smallest absolute Gasteiger partial charge is 0.119 e. The molecular formula is C14H24N2O3. The third-order valence-electron chi connectivity index (χ3n) is 2.92. The summed E-state index contributed by atoms with van der Waals surface area (Å²) in [4.78, 5) is 0. The number of aliphatic hydroxyl groups excluding tert-OH is 2. The van der Waals surface area contributed by atoms with Gasteiger partial charge in [-0.1, -0.05) is 12.1 Å². The number of ether oxygens (including phenoxy) is 1. The maximum atomic E-state index is 9.17. The molecule has 2 atom stereocenters. The van der Waals surface area contributed by atoms with Gasteiger partial charge in [0.15, 0.2) is 0 Å². The van der Waals surface area contributed by atoms with Gasteiger partial charge in [-0.05, 0) is 37.0 Å². The first-order valence-corrected chi connectivity index (χ1v) is 6.62. The van der Waals surface area contributed by atoms with E-state index in [1.807, 2.05) is 24.3 Å². The summed E-state index contributed by atoms with van der Waals surface area (Å²) in [7, 11) is 0. The van der Waals surface area contributed by atoms with Crippen LogP contribution in [0.4, 0.5) is 0 Å². The van der Waals surface area contributed by atoms with Gasteiger partial charge in [-0.3, -0.25) is 0 Å². The van der Waals surface area contributed by atoms with E-state index >= 15 is 0 Å². The minimum Gasteiger partial charge on any atom is -0.491 e. The van der Waals surface area contributed by atoms with Crippen LogP contribution < -0.4 is 16.2 Å². The van der Waals surface area contributed by atoms with Crippen molar-refractivity contribution >= 4 is 0 Å². The maximum Gasteiger partial charge on any atom is 0.119 e. The number of rotatable bonds is 9. The molecule has 0 radical (unpaired) electrons. The van der Waals surface area contributed by atoms with Crippen LogP contribution in [0.15, 0.2) is 24.3 Å². The Balaban J connectivity index is 2.31. The summed E-state index contributed by atoms with van der Waals surface area (Å²) >= 11 is 0. The van der Waals surface area contributed by atoms with Crippen LogP contribution in [0.5, 0.6) is 5.75 Å². The molecule has 0 aliphatic rings. The van der Waals surface area contributed by atoms with Gasteiger partial charge >= 0.3 is 0 Å². The molecule has 0 fully saturated rings. The monoisotopic (exact) mass is 268 g/mol. The summed E-state index contributed by atoms with van der Waals surface area (Å²) in [5, 5.41) is 17.8. The van der Waals surface area contributed by atoms with Crippen LogP contribution in [0.2, 0.25) is 0 Å². The Morgan fingerprint density at radius 3 is 2.47 bits per heavy atom. The van der Waals surface area contributed by atoms with Gasteiger partial charge in [0.1, 0.15) is 18.5 Å². The van der Waals surface area contributed by atoms with Crippen LogP contribution >= 0.6 is 0 Å². The zero-order chi connectivity index (χ0) is 14.1. The number of aliphatic hydroxyl groups is 2. The highest BCUT2D eigenvalue weighted by molar-refractivity contribution is 5.27. The van der Waals surface area contributed by atoms with Crippen molar-refractivity contribution in [3.05, 3.63) is 29.8 Å². The van der Waals surface area contributed by atoms with Gasteiger partial charge < -0.3 is 26.4 Å². The largest absolute Gasteiger partial charge is 0.491 e. The van der Waals surface area contributed by atoms with Gasteiger partial charge in [-0.2, -0.15) is 0 Å². The Labute approximate surface area is 114 Å². The molecule has 0 aliphatic heterocycles. The van der Waals surface area contributed by atoms with Gasteiger partial charge in [0.2, 0.25) is 0 Å². The molecule has 0 saturated heterocycles. The fourth-order valence-corrected chi connectivity index (χ4v) is 1.68. The second kappa shape index (κ2) is 8.87. The average Bonchev–Trinajstić information content (AvgIpc) is 2.45. The van der Waals surface area contributed by atoms with Crippen molar-refractivity contribution in [1.82, 2.24) is 0 Å². The Hall–Kier alpha value is -1.14. The van der Waals surface area contributed by atoms with Crippen molar-refractivity contribution in [1.29, 1.82) is 0 Å². The predicted octanol–water partition coefficient (Wildman–Crippen LogP) is 0.0273. The van der Waals surface area contributed by atoms with Crippen LogP contribution in [0, 0.1) is 0 Å². The lowest BCUT2D eigenvalue weighted by molar-refractivity contribution is 0.0536. The molecule has 0 heterocycles. The maximum absolute atomic E-state index is 9.17. The number of hydrogen-bond acceptors (Lipinski definition) is 5. The molecule has 0 aliphatic carbocycles. The number of nitrogens with two attached hydrogens (primary N) is 2. The van der Waals surface area contributed by atoms with E-state index in [1.165, 1.54) is 5.56 Å². The van der Waals surface area contributed by atoms with E-state index in [0.29, 0.717) is 12.3 Å². The molecule has 5 heteroatoms. The summed E-state index contributed by atoms with van der Waals surface area (Å²) in [5.41, 5.74) is 12.4. The molecule has 0 unspecified atom stereocenters. The Bertz CT molecular complexity index is 343. The van der Waals surface area contributed by atoms with E-state index in [9.17, 15) is 0 Å². The summed E-state index contributed by atoms with van der Waals surface area (Å²) in [6.45, 7) is 0.334. The van der Waals surface area contributed by atoms with Gasteiger partial charge in [0, 0.05) is 12.6 Å². The normalized spacial score (nSPS) is 14.1. The first-order chi connectivity index (χ1) is 9.15. The van der Waals surface area contributed by atoms with Crippen molar-refractivity contribution < 1.29 is 14.9 Å². The molecule has 1 aromatic carbocycles. The topological polar surface area (TPSA) is 102 Å². The molecule has 0 aromatic heterocycles. The first-order valence-electron chi connectivity index (χ1n) is 6.62. The summed E-state index contributed by atoms with van der Waals surface area (Å²) in [6, 6.07) is 7.80. The number of hydrogen-bond donors (Lipinski definition) is 4. The predicted molar refractivity (Wildman–Crippen MR) is 75.0 cm³/mol. The van der Waals surface area contributed by atoms with Gasteiger partial charge in [0.25, 0.3) is 0 Å². The van der Waals surface area contributed by atoms with Crippen molar-refractivity contribution in [3.63, 3.8) is 0 Å². The minimum absolute atomic E-state index is 0.0857. The molecular weight excluding hydrogens is 244 g/mol. The van der Waals surface area contributed by atoms with Crippen LogP contribution in [-0.4, -0.2) is 42.1 Å². The first kappa shape index (κ1) is 15.9. The van der Waals surface area contributed by atoms with Gasteiger partial charge in [0.05, 0.1) is 6.61 Å². The summed E-state index contributed by atoms with van der Waals surface area (Å²) in [6.07, 6.45) is 2.07. The van der Waals surface area contributed by atoms with E-state index in [2.05, 4.69) is 0 Å². The highest BCUT2D eigenvalue weighted by atomic mass is 16.5. The fourth-order valence-electron chi connectivity index (χ4n) is 1.68. The summed E-state index contributed by atoms with van der Waals surface area (Å²) in [5.74, 6) is 0.690. The third-order valence-corrected chi connectivity index (χ3v) is 2.92. The van der Waals surface area contributed by atoms with Gasteiger partial charge in [-0.25, -0.2) is 0 Å². The third kappa shape index (κ3) is 6.54. The number of aryl methyl sites for hydroxylation is 1. The average molecular weight is 268 g/mol.